The van der Waals surface area contributed by atoms with Gasteiger partial charge >= 0.3 is 6.03 Å². The van der Waals surface area contributed by atoms with Gasteiger partial charge in [0.15, 0.2) is 0 Å². The first-order valence-electron chi connectivity index (χ1n) is 11.2. The average Bonchev–Trinajstić information content (AvgIpc) is 3.13. The van der Waals surface area contributed by atoms with E-state index in [-0.39, 0.29) is 12.3 Å². The number of amides is 4. The fraction of sp³-hybridized carbons (Fsp3) is 0.148. The summed E-state index contributed by atoms with van der Waals surface area (Å²) in [4.78, 5) is 38.8. The molecule has 0 saturated carbocycles. The summed E-state index contributed by atoms with van der Waals surface area (Å²) in [6.07, 6.45) is 2.26. The highest BCUT2D eigenvalue weighted by Gasteiger charge is 2.35. The van der Waals surface area contributed by atoms with Crippen LogP contribution in [0.5, 0.6) is 5.75 Å². The highest BCUT2D eigenvalue weighted by molar-refractivity contribution is 6.42. The Balaban J connectivity index is 1.45. The molecule has 0 bridgehead atoms. The zero-order valence-electron chi connectivity index (χ0n) is 19.4. The second-order valence-electron chi connectivity index (χ2n) is 8.01. The van der Waals surface area contributed by atoms with Crippen LogP contribution in [0.1, 0.15) is 23.6 Å². The van der Waals surface area contributed by atoms with E-state index in [0.29, 0.717) is 27.0 Å². The summed E-state index contributed by atoms with van der Waals surface area (Å²) in [5.41, 5.74) is 3.07. The quantitative estimate of drug-likeness (QED) is 0.294. The summed E-state index contributed by atoms with van der Waals surface area (Å²) in [6.45, 7) is 1.80. The van der Waals surface area contributed by atoms with Gasteiger partial charge in [-0.15, -0.1) is 0 Å². The number of para-hydroxylation sites is 2. The largest absolute Gasteiger partial charge is 0.488 e. The van der Waals surface area contributed by atoms with E-state index in [2.05, 4.69) is 10.6 Å². The molecule has 1 saturated heterocycles. The van der Waals surface area contributed by atoms with E-state index < -0.39 is 24.4 Å². The third-order valence-corrected chi connectivity index (χ3v) is 6.27. The molecule has 1 fully saturated rings. The molecule has 0 aromatic heterocycles. The maximum absolute atomic E-state index is 12.9. The molecule has 2 N–H and O–H groups in total. The number of aryl methyl sites for hydroxylation is 1. The van der Waals surface area contributed by atoms with Crippen molar-refractivity contribution < 1.29 is 19.1 Å². The van der Waals surface area contributed by atoms with E-state index in [9.17, 15) is 14.4 Å². The Morgan fingerprint density at radius 2 is 1.78 bits per heavy atom. The summed E-state index contributed by atoms with van der Waals surface area (Å²) < 4.78 is 5.92. The van der Waals surface area contributed by atoms with Crippen LogP contribution >= 0.6 is 23.2 Å². The van der Waals surface area contributed by atoms with Crippen molar-refractivity contribution in [2.24, 2.45) is 0 Å². The first-order chi connectivity index (χ1) is 17.4. The minimum atomic E-state index is -0.667. The lowest BCUT2D eigenvalue weighted by Gasteiger charge is -2.13. The molecule has 7 nitrogen and oxygen atoms in total. The summed E-state index contributed by atoms with van der Waals surface area (Å²) in [7, 11) is 0. The Bertz CT molecular complexity index is 1360. The van der Waals surface area contributed by atoms with Crippen molar-refractivity contribution in [1.82, 2.24) is 10.2 Å². The van der Waals surface area contributed by atoms with Crippen LogP contribution in [-0.4, -0.2) is 29.3 Å². The van der Waals surface area contributed by atoms with Gasteiger partial charge in [0.2, 0.25) is 5.91 Å². The molecular formula is C27H23Cl2N3O4. The summed E-state index contributed by atoms with van der Waals surface area (Å²) in [5, 5.41) is 6.19. The summed E-state index contributed by atoms with van der Waals surface area (Å²) in [5.74, 6) is -0.560. The number of rotatable bonds is 8. The second-order valence-corrected chi connectivity index (χ2v) is 8.83. The average molecular weight is 524 g/mol. The topological polar surface area (TPSA) is 87.7 Å². The zero-order chi connectivity index (χ0) is 25.7. The van der Waals surface area contributed by atoms with Crippen LogP contribution in [0.4, 0.5) is 10.5 Å². The monoisotopic (exact) mass is 523 g/mol. The first kappa shape index (κ1) is 25.3. The lowest BCUT2D eigenvalue weighted by molar-refractivity contribution is -0.127. The van der Waals surface area contributed by atoms with Crippen molar-refractivity contribution in [3.05, 3.63) is 99.2 Å². The zero-order valence-corrected chi connectivity index (χ0v) is 20.9. The molecule has 1 heterocycles. The van der Waals surface area contributed by atoms with Crippen molar-refractivity contribution >= 4 is 52.8 Å². The highest BCUT2D eigenvalue weighted by Crippen LogP contribution is 2.26. The third kappa shape index (κ3) is 5.87. The molecule has 1 aliphatic rings. The minimum Gasteiger partial charge on any atom is -0.488 e. The van der Waals surface area contributed by atoms with Gasteiger partial charge in [-0.1, -0.05) is 72.6 Å². The fourth-order valence-corrected chi connectivity index (χ4v) is 4.00. The SMILES string of the molecule is CCc1ccccc1NC(=O)CN1C(=O)N/C(=C/c2ccccc2OCc2ccc(Cl)c(Cl)c2)C1=O. The molecule has 0 unspecified atom stereocenters. The summed E-state index contributed by atoms with van der Waals surface area (Å²) in [6, 6.07) is 19.0. The van der Waals surface area contributed by atoms with Crippen LogP contribution in [0.3, 0.4) is 0 Å². The van der Waals surface area contributed by atoms with Crippen molar-refractivity contribution in [1.29, 1.82) is 0 Å². The van der Waals surface area contributed by atoms with Crippen LogP contribution in [0.2, 0.25) is 10.0 Å². The number of carbonyl (C=O) groups is 3. The number of imide groups is 1. The Hall–Kier alpha value is -3.81. The molecule has 0 atom stereocenters. The maximum atomic E-state index is 12.9. The van der Waals surface area contributed by atoms with Gasteiger partial charge in [-0.25, -0.2) is 9.69 Å². The van der Waals surface area contributed by atoms with E-state index >= 15 is 0 Å². The number of urea groups is 1. The molecule has 0 aliphatic carbocycles. The van der Waals surface area contributed by atoms with Crippen LogP contribution in [0.15, 0.2) is 72.4 Å². The third-order valence-electron chi connectivity index (χ3n) is 5.53. The van der Waals surface area contributed by atoms with E-state index in [4.69, 9.17) is 27.9 Å². The van der Waals surface area contributed by atoms with Crippen LogP contribution in [0, 0.1) is 0 Å². The van der Waals surface area contributed by atoms with Crippen molar-refractivity contribution in [3.8, 4) is 5.75 Å². The predicted octanol–water partition coefficient (Wildman–Crippen LogP) is 5.67. The van der Waals surface area contributed by atoms with Gasteiger partial charge in [0, 0.05) is 11.3 Å². The number of anilines is 1. The number of nitrogens with one attached hydrogen (secondary N) is 2. The highest BCUT2D eigenvalue weighted by atomic mass is 35.5. The Kier molecular flexibility index (Phi) is 7.93. The van der Waals surface area contributed by atoms with Gasteiger partial charge in [0.05, 0.1) is 10.0 Å². The number of hydrogen-bond acceptors (Lipinski definition) is 4. The molecule has 0 radical (unpaired) electrons. The van der Waals surface area contributed by atoms with Crippen molar-refractivity contribution in [2.45, 2.75) is 20.0 Å². The molecule has 1 aliphatic heterocycles. The number of halogens is 2. The van der Waals surface area contributed by atoms with Crippen molar-refractivity contribution in [3.63, 3.8) is 0 Å². The number of hydrogen-bond donors (Lipinski definition) is 2. The predicted molar refractivity (Wildman–Crippen MR) is 140 cm³/mol. The molecule has 36 heavy (non-hydrogen) atoms. The van der Waals surface area contributed by atoms with Crippen LogP contribution < -0.4 is 15.4 Å². The lowest BCUT2D eigenvalue weighted by atomic mass is 10.1. The van der Waals surface area contributed by atoms with Gasteiger partial charge in [0.1, 0.15) is 24.6 Å². The number of nitrogens with zero attached hydrogens (tertiary/aromatic N) is 1. The molecule has 184 valence electrons. The number of benzene rings is 3. The standard InChI is InChI=1S/C27H23Cl2N3O4/c1-2-18-7-3-5-9-22(18)30-25(33)15-32-26(34)23(31-27(32)35)14-19-8-4-6-10-24(19)36-16-17-11-12-20(28)21(29)13-17/h3-14H,2,15-16H2,1H3,(H,30,33)(H,31,35)/b23-14+. The summed E-state index contributed by atoms with van der Waals surface area (Å²) >= 11 is 12.0. The second kappa shape index (κ2) is 11.3. The van der Waals surface area contributed by atoms with Gasteiger partial charge in [-0.05, 0) is 47.9 Å². The first-order valence-corrected chi connectivity index (χ1v) is 12.0. The Morgan fingerprint density at radius 3 is 2.56 bits per heavy atom. The molecule has 0 spiro atoms. The molecule has 4 amide bonds. The molecule has 9 heteroatoms. The van der Waals surface area contributed by atoms with Gasteiger partial charge in [-0.3, -0.25) is 9.59 Å². The molecule has 3 aromatic carbocycles. The van der Waals surface area contributed by atoms with Gasteiger partial charge in [0.25, 0.3) is 5.91 Å². The molecular weight excluding hydrogens is 501 g/mol. The van der Waals surface area contributed by atoms with Crippen molar-refractivity contribution in [2.75, 3.05) is 11.9 Å². The Labute approximate surface area is 218 Å². The maximum Gasteiger partial charge on any atom is 0.329 e. The normalized spacial score (nSPS) is 14.2. The van der Waals surface area contributed by atoms with E-state index in [1.54, 1.807) is 48.5 Å². The molecule has 4 rings (SSSR count). The lowest BCUT2D eigenvalue weighted by Crippen LogP contribution is -2.38. The van der Waals surface area contributed by atoms with E-state index in [0.717, 1.165) is 22.4 Å². The molecule has 3 aromatic rings. The Morgan fingerprint density at radius 1 is 1.03 bits per heavy atom. The number of ether oxygens (including phenoxy) is 1. The smallest absolute Gasteiger partial charge is 0.329 e. The number of carbonyl (C=O) groups excluding carboxylic acids is 3. The van der Waals surface area contributed by atoms with Gasteiger partial charge < -0.3 is 15.4 Å². The fourth-order valence-electron chi connectivity index (χ4n) is 3.68. The van der Waals surface area contributed by atoms with E-state index in [1.165, 1.54) is 6.08 Å². The minimum absolute atomic E-state index is 0.0485. The van der Waals surface area contributed by atoms with Gasteiger partial charge in [-0.2, -0.15) is 0 Å². The van der Waals surface area contributed by atoms with Crippen LogP contribution in [-0.2, 0) is 22.6 Å². The van der Waals surface area contributed by atoms with Crippen LogP contribution in [0.25, 0.3) is 6.08 Å². The van der Waals surface area contributed by atoms with E-state index in [1.807, 2.05) is 25.1 Å².